The van der Waals surface area contributed by atoms with Crippen LogP contribution in [0.5, 0.6) is 0 Å². The fourth-order valence-electron chi connectivity index (χ4n) is 2.14. The summed E-state index contributed by atoms with van der Waals surface area (Å²) in [5.41, 5.74) is -0.210. The van der Waals surface area contributed by atoms with E-state index in [2.05, 4.69) is 10.0 Å². The molecule has 1 saturated carbocycles. The van der Waals surface area contributed by atoms with Crippen LogP contribution in [0.3, 0.4) is 0 Å². The summed E-state index contributed by atoms with van der Waals surface area (Å²) < 4.78 is 27.4. The summed E-state index contributed by atoms with van der Waals surface area (Å²) in [4.78, 5) is 10.3. The van der Waals surface area contributed by atoms with Crippen molar-refractivity contribution in [3.63, 3.8) is 0 Å². The number of nitrogens with zero attached hydrogens (tertiary/aromatic N) is 1. The molecule has 21 heavy (non-hydrogen) atoms. The first-order chi connectivity index (χ1) is 9.87. The van der Waals surface area contributed by atoms with E-state index in [9.17, 15) is 18.5 Å². The molecule has 1 unspecified atom stereocenters. The Kier molecular flexibility index (Phi) is 4.84. The third kappa shape index (κ3) is 3.92. The lowest BCUT2D eigenvalue weighted by Gasteiger charge is -2.15. The van der Waals surface area contributed by atoms with Crippen LogP contribution in [0, 0.1) is 16.0 Å². The molecule has 1 aromatic rings. The minimum atomic E-state index is -3.71. The third-order valence-electron chi connectivity index (χ3n) is 3.51. The number of nitrogens with one attached hydrogen (secondary N) is 2. The summed E-state index contributed by atoms with van der Waals surface area (Å²) >= 11 is 0.879. The van der Waals surface area contributed by atoms with Gasteiger partial charge in [-0.3, -0.25) is 10.1 Å². The van der Waals surface area contributed by atoms with Crippen molar-refractivity contribution < 1.29 is 13.3 Å². The number of rotatable bonds is 8. The van der Waals surface area contributed by atoms with Gasteiger partial charge in [0.15, 0.2) is 5.00 Å². The number of sulfonamides is 1. The molecule has 9 heteroatoms. The molecule has 118 valence electrons. The molecule has 0 bridgehead atoms. The highest BCUT2D eigenvalue weighted by Crippen LogP contribution is 2.37. The number of anilines is 1. The molecule has 1 aliphatic rings. The highest BCUT2D eigenvalue weighted by molar-refractivity contribution is 7.91. The van der Waals surface area contributed by atoms with Crippen LogP contribution < -0.4 is 10.0 Å². The summed E-state index contributed by atoms with van der Waals surface area (Å²) in [7, 11) is -2.18. The van der Waals surface area contributed by atoms with Gasteiger partial charge in [-0.05, 0) is 18.8 Å². The zero-order valence-electron chi connectivity index (χ0n) is 12.0. The van der Waals surface area contributed by atoms with Crippen LogP contribution in [0.4, 0.5) is 10.7 Å². The van der Waals surface area contributed by atoms with Gasteiger partial charge in [-0.15, -0.1) is 0 Å². The molecule has 2 N–H and O–H groups in total. The lowest BCUT2D eigenvalue weighted by molar-refractivity contribution is -0.383. The van der Waals surface area contributed by atoms with Gasteiger partial charge in [-0.25, -0.2) is 13.1 Å². The molecule has 1 atom stereocenters. The van der Waals surface area contributed by atoms with E-state index in [1.807, 2.05) is 6.92 Å². The van der Waals surface area contributed by atoms with Crippen LogP contribution in [0.15, 0.2) is 10.3 Å². The van der Waals surface area contributed by atoms with E-state index in [4.69, 9.17) is 0 Å². The molecule has 1 aromatic heterocycles. The zero-order valence-corrected chi connectivity index (χ0v) is 13.6. The Morgan fingerprint density at radius 3 is 2.62 bits per heavy atom. The summed E-state index contributed by atoms with van der Waals surface area (Å²) in [5.74, 6) is 0.614. The maximum absolute atomic E-state index is 12.4. The Hall–Kier alpha value is -1.19. The van der Waals surface area contributed by atoms with E-state index >= 15 is 0 Å². The monoisotopic (exact) mass is 333 g/mol. The molecule has 1 fully saturated rings. The SMILES string of the molecule is CCC(CC1CC1)NS(=O)(=O)c1cc([N+](=O)[O-])c(NC)s1. The normalized spacial score (nSPS) is 16.7. The largest absolute Gasteiger partial charge is 0.374 e. The van der Waals surface area contributed by atoms with Gasteiger partial charge in [0.05, 0.1) is 4.92 Å². The van der Waals surface area contributed by atoms with Crippen LogP contribution in [-0.4, -0.2) is 26.4 Å². The van der Waals surface area contributed by atoms with Gasteiger partial charge >= 0.3 is 5.69 Å². The Morgan fingerprint density at radius 1 is 1.52 bits per heavy atom. The van der Waals surface area contributed by atoms with Crippen molar-refractivity contribution in [1.29, 1.82) is 0 Å². The molecule has 0 spiro atoms. The average Bonchev–Trinajstić information content (AvgIpc) is 3.11. The maximum atomic E-state index is 12.4. The number of hydrogen-bond acceptors (Lipinski definition) is 6. The first-order valence-electron chi connectivity index (χ1n) is 6.85. The smallest absolute Gasteiger partial charge is 0.304 e. The van der Waals surface area contributed by atoms with Crippen molar-refractivity contribution in [3.05, 3.63) is 16.2 Å². The molecule has 0 aromatic carbocycles. The molecule has 0 saturated heterocycles. The molecular formula is C12H19N3O4S2. The van der Waals surface area contributed by atoms with Crippen LogP contribution in [0.1, 0.15) is 32.6 Å². The fourth-order valence-corrected chi connectivity index (χ4v) is 4.77. The molecule has 1 heterocycles. The van der Waals surface area contributed by atoms with Gasteiger partial charge < -0.3 is 5.32 Å². The summed E-state index contributed by atoms with van der Waals surface area (Å²) in [6, 6.07) is 1.00. The lowest BCUT2D eigenvalue weighted by Crippen LogP contribution is -2.34. The Morgan fingerprint density at radius 2 is 2.19 bits per heavy atom. The molecule has 1 aliphatic carbocycles. The maximum Gasteiger partial charge on any atom is 0.304 e. The lowest BCUT2D eigenvalue weighted by atomic mass is 10.1. The van der Waals surface area contributed by atoms with Crippen molar-refractivity contribution in [1.82, 2.24) is 4.72 Å². The third-order valence-corrected chi connectivity index (χ3v) is 6.64. The number of hydrogen-bond donors (Lipinski definition) is 2. The van der Waals surface area contributed by atoms with Gasteiger partial charge in [0.1, 0.15) is 4.21 Å². The summed E-state index contributed by atoms with van der Waals surface area (Å²) in [6.07, 6.45) is 3.86. The van der Waals surface area contributed by atoms with Crippen molar-refractivity contribution in [3.8, 4) is 0 Å². The molecule has 0 radical (unpaired) electrons. The van der Waals surface area contributed by atoms with E-state index in [1.54, 1.807) is 0 Å². The van der Waals surface area contributed by atoms with E-state index < -0.39 is 14.9 Å². The molecular weight excluding hydrogens is 314 g/mol. The zero-order chi connectivity index (χ0) is 15.6. The Bertz CT molecular complexity index is 622. The molecule has 0 amide bonds. The minimum absolute atomic E-state index is 0.0206. The predicted molar refractivity (Wildman–Crippen MR) is 82.3 cm³/mol. The molecule has 2 rings (SSSR count). The van der Waals surface area contributed by atoms with Crippen LogP contribution in [-0.2, 0) is 10.0 Å². The summed E-state index contributed by atoms with van der Waals surface area (Å²) in [5, 5.41) is 13.8. The van der Waals surface area contributed by atoms with E-state index in [-0.39, 0.29) is 20.9 Å². The van der Waals surface area contributed by atoms with Gasteiger partial charge in [0.25, 0.3) is 10.0 Å². The van der Waals surface area contributed by atoms with Gasteiger partial charge in [-0.2, -0.15) is 0 Å². The van der Waals surface area contributed by atoms with E-state index in [0.717, 1.165) is 36.7 Å². The van der Waals surface area contributed by atoms with Gasteiger partial charge in [0.2, 0.25) is 0 Å². The minimum Gasteiger partial charge on any atom is -0.374 e. The highest BCUT2D eigenvalue weighted by Gasteiger charge is 2.30. The van der Waals surface area contributed by atoms with E-state index in [1.165, 1.54) is 7.05 Å². The van der Waals surface area contributed by atoms with Crippen molar-refractivity contribution in [2.24, 2.45) is 5.92 Å². The van der Waals surface area contributed by atoms with Crippen LogP contribution >= 0.6 is 11.3 Å². The summed E-state index contributed by atoms with van der Waals surface area (Å²) in [6.45, 7) is 1.94. The van der Waals surface area contributed by atoms with E-state index in [0.29, 0.717) is 12.3 Å². The number of thiophene rings is 1. The number of nitro groups is 1. The average molecular weight is 333 g/mol. The standard InChI is InChI=1S/C12H19N3O4S2/c1-3-9(6-8-4-5-8)14-21(18,19)11-7-10(15(16)17)12(13-2)20-11/h7-9,13-14H,3-6H2,1-2H3. The van der Waals surface area contributed by atoms with Crippen molar-refractivity contribution in [2.75, 3.05) is 12.4 Å². The van der Waals surface area contributed by atoms with Gasteiger partial charge in [0, 0.05) is 19.2 Å². The second kappa shape index (κ2) is 6.29. The topological polar surface area (TPSA) is 101 Å². The Balaban J connectivity index is 2.19. The highest BCUT2D eigenvalue weighted by atomic mass is 32.2. The van der Waals surface area contributed by atoms with Crippen molar-refractivity contribution >= 4 is 32.0 Å². The van der Waals surface area contributed by atoms with Crippen molar-refractivity contribution in [2.45, 2.75) is 42.9 Å². The van der Waals surface area contributed by atoms with Crippen LogP contribution in [0.25, 0.3) is 0 Å². The first kappa shape index (κ1) is 16.2. The van der Waals surface area contributed by atoms with Gasteiger partial charge in [-0.1, -0.05) is 31.1 Å². The predicted octanol–water partition coefficient (Wildman–Crippen LogP) is 2.56. The quantitative estimate of drug-likeness (QED) is 0.562. The van der Waals surface area contributed by atoms with Crippen LogP contribution in [0.2, 0.25) is 0 Å². The second-order valence-electron chi connectivity index (χ2n) is 5.19. The molecule has 0 aliphatic heterocycles. The molecule has 7 nitrogen and oxygen atoms in total. The first-order valence-corrected chi connectivity index (χ1v) is 9.15. The second-order valence-corrected chi connectivity index (χ2v) is 8.19. The Labute approximate surface area is 127 Å². The fraction of sp³-hybridized carbons (Fsp3) is 0.667.